The molecule has 0 aliphatic carbocycles. The Morgan fingerprint density at radius 1 is 1.00 bits per heavy atom. The number of esters is 2. The van der Waals surface area contributed by atoms with Gasteiger partial charge in [-0.3, -0.25) is 0 Å². The van der Waals surface area contributed by atoms with Crippen molar-refractivity contribution in [3.05, 3.63) is 63.8 Å². The fourth-order valence-electron chi connectivity index (χ4n) is 3.02. The van der Waals surface area contributed by atoms with E-state index in [2.05, 4.69) is 0 Å². The average Bonchev–Trinajstić information content (AvgIpc) is 2.75. The molecule has 30 heavy (non-hydrogen) atoms. The Hall–Kier alpha value is -3.03. The number of rotatable bonds is 5. The maximum Gasteiger partial charge on any atom is 0.355 e. The zero-order chi connectivity index (χ0) is 21.8. The number of carbonyl (C=O) groups is 2. The molecule has 0 atom stereocenters. The summed E-state index contributed by atoms with van der Waals surface area (Å²) in [6.45, 7) is 3.91. The van der Waals surface area contributed by atoms with Gasteiger partial charge in [-0.2, -0.15) is 0 Å². The van der Waals surface area contributed by atoms with Crippen molar-refractivity contribution in [1.82, 2.24) is 0 Å². The second-order valence-corrected chi connectivity index (χ2v) is 7.11. The number of nitrogens with zero attached hydrogens (tertiary/aromatic N) is 1. The maximum atomic E-state index is 12.4. The van der Waals surface area contributed by atoms with E-state index in [0.29, 0.717) is 22.2 Å². The van der Waals surface area contributed by atoms with Crippen LogP contribution >= 0.6 is 11.6 Å². The average molecular weight is 432 g/mol. The maximum absolute atomic E-state index is 12.4. The number of anilines is 1. The zero-order valence-electron chi connectivity index (χ0n) is 17.2. The van der Waals surface area contributed by atoms with Crippen molar-refractivity contribution in [3.8, 4) is 11.5 Å². The highest BCUT2D eigenvalue weighted by atomic mass is 35.5. The van der Waals surface area contributed by atoms with E-state index in [0.717, 1.165) is 11.1 Å². The molecular formula is C22H22ClNO6. The molecule has 0 unspecified atom stereocenters. The molecule has 0 saturated heterocycles. The molecule has 0 bridgehead atoms. The SMILES string of the molecule is COC(=O)C1=C(C(=O)OC)N(c2ccc(Oc3cc(C)ccc3C)c(Cl)c2)COC1. The molecule has 3 rings (SSSR count). The lowest BCUT2D eigenvalue weighted by Gasteiger charge is -2.31. The number of benzene rings is 2. The van der Waals surface area contributed by atoms with Gasteiger partial charge in [0.2, 0.25) is 0 Å². The summed E-state index contributed by atoms with van der Waals surface area (Å²) in [6, 6.07) is 11.0. The van der Waals surface area contributed by atoms with E-state index in [1.54, 1.807) is 18.2 Å². The second-order valence-electron chi connectivity index (χ2n) is 6.70. The summed E-state index contributed by atoms with van der Waals surface area (Å²) in [5, 5.41) is 0.336. The summed E-state index contributed by atoms with van der Waals surface area (Å²) in [4.78, 5) is 26.0. The van der Waals surface area contributed by atoms with Gasteiger partial charge in [-0.25, -0.2) is 9.59 Å². The molecule has 7 nitrogen and oxygen atoms in total. The lowest BCUT2D eigenvalue weighted by molar-refractivity contribution is -0.140. The van der Waals surface area contributed by atoms with E-state index in [1.165, 1.54) is 19.1 Å². The molecule has 1 aliphatic heterocycles. The van der Waals surface area contributed by atoms with E-state index in [9.17, 15) is 9.59 Å². The van der Waals surface area contributed by atoms with Gasteiger partial charge in [0.1, 0.15) is 23.9 Å². The molecule has 158 valence electrons. The quantitative estimate of drug-likeness (QED) is 0.658. The number of ether oxygens (including phenoxy) is 4. The third kappa shape index (κ3) is 4.42. The predicted octanol–water partition coefficient (Wildman–Crippen LogP) is 4.14. The van der Waals surface area contributed by atoms with Gasteiger partial charge in [0.25, 0.3) is 0 Å². The fraction of sp³-hybridized carbons (Fsp3) is 0.273. The molecule has 0 spiro atoms. The third-order valence-corrected chi connectivity index (χ3v) is 4.92. The molecule has 1 heterocycles. The van der Waals surface area contributed by atoms with Gasteiger partial charge in [-0.05, 0) is 49.2 Å². The Morgan fingerprint density at radius 3 is 2.40 bits per heavy atom. The minimum Gasteiger partial charge on any atom is -0.466 e. The van der Waals surface area contributed by atoms with E-state index >= 15 is 0 Å². The van der Waals surface area contributed by atoms with Crippen LogP contribution in [-0.2, 0) is 23.8 Å². The smallest absolute Gasteiger partial charge is 0.355 e. The number of methoxy groups -OCH3 is 2. The number of aryl methyl sites for hydroxylation is 2. The summed E-state index contributed by atoms with van der Waals surface area (Å²) in [5.41, 5.74) is 2.70. The third-order valence-electron chi connectivity index (χ3n) is 4.62. The summed E-state index contributed by atoms with van der Waals surface area (Å²) < 4.78 is 21.1. The van der Waals surface area contributed by atoms with Gasteiger partial charge < -0.3 is 23.8 Å². The lowest BCUT2D eigenvalue weighted by atomic mass is 10.1. The van der Waals surface area contributed by atoms with Crippen molar-refractivity contribution in [2.75, 3.05) is 32.5 Å². The summed E-state index contributed by atoms with van der Waals surface area (Å²) in [7, 11) is 2.48. The highest BCUT2D eigenvalue weighted by Gasteiger charge is 2.32. The van der Waals surface area contributed by atoms with E-state index in [4.69, 9.17) is 30.5 Å². The summed E-state index contributed by atoms with van der Waals surface area (Å²) in [5.74, 6) is -0.176. The molecule has 0 aromatic heterocycles. The number of halogens is 1. The fourth-order valence-corrected chi connectivity index (χ4v) is 3.24. The first kappa shape index (κ1) is 21.7. The molecule has 0 radical (unpaired) electrons. The van der Waals surface area contributed by atoms with Crippen LogP contribution in [0.3, 0.4) is 0 Å². The van der Waals surface area contributed by atoms with Gasteiger partial charge in [-0.15, -0.1) is 0 Å². The van der Waals surface area contributed by atoms with Crippen molar-refractivity contribution < 1.29 is 28.5 Å². The molecular weight excluding hydrogens is 410 g/mol. The predicted molar refractivity (Wildman–Crippen MR) is 112 cm³/mol. The molecule has 2 aromatic carbocycles. The van der Waals surface area contributed by atoms with Gasteiger partial charge in [0, 0.05) is 5.69 Å². The molecule has 0 N–H and O–H groups in total. The first-order valence-electron chi connectivity index (χ1n) is 9.15. The van der Waals surface area contributed by atoms with Crippen LogP contribution in [0.15, 0.2) is 47.7 Å². The molecule has 0 amide bonds. The Labute approximate surface area is 179 Å². The number of carbonyl (C=O) groups excluding carboxylic acids is 2. The molecule has 2 aromatic rings. The standard InChI is InChI=1S/C22H22ClNO6/c1-13-5-6-14(2)19(9-13)30-18-8-7-15(10-17(18)23)24-12-29-11-16(21(25)27-3)20(24)22(26)28-4/h5-10H,11-12H2,1-4H3. The zero-order valence-corrected chi connectivity index (χ0v) is 17.9. The largest absolute Gasteiger partial charge is 0.466 e. The van der Waals surface area contributed by atoms with Crippen molar-refractivity contribution >= 4 is 29.2 Å². The lowest BCUT2D eigenvalue weighted by Crippen LogP contribution is -2.38. The van der Waals surface area contributed by atoms with Crippen LogP contribution in [0.4, 0.5) is 5.69 Å². The second kappa shape index (κ2) is 9.19. The van der Waals surface area contributed by atoms with E-state index in [1.807, 2.05) is 32.0 Å². The Balaban J connectivity index is 1.97. The first-order chi connectivity index (χ1) is 14.3. The summed E-state index contributed by atoms with van der Waals surface area (Å²) in [6.07, 6.45) is 0. The van der Waals surface area contributed by atoms with Crippen LogP contribution < -0.4 is 9.64 Å². The van der Waals surface area contributed by atoms with Crippen molar-refractivity contribution in [3.63, 3.8) is 0 Å². The monoisotopic (exact) mass is 431 g/mol. The first-order valence-corrected chi connectivity index (χ1v) is 9.53. The van der Waals surface area contributed by atoms with Gasteiger partial charge in [-0.1, -0.05) is 23.7 Å². The van der Waals surface area contributed by atoms with E-state index in [-0.39, 0.29) is 24.6 Å². The Morgan fingerprint density at radius 2 is 1.73 bits per heavy atom. The van der Waals surface area contributed by atoms with E-state index < -0.39 is 11.9 Å². The van der Waals surface area contributed by atoms with Gasteiger partial charge in [0.15, 0.2) is 0 Å². The normalized spacial score (nSPS) is 13.8. The minimum absolute atomic E-state index is 0.0401. The van der Waals surface area contributed by atoms with Gasteiger partial charge in [0.05, 0.1) is 31.4 Å². The molecule has 0 saturated carbocycles. The number of hydrogen-bond acceptors (Lipinski definition) is 7. The Kier molecular flexibility index (Phi) is 6.64. The van der Waals surface area contributed by atoms with Crippen molar-refractivity contribution in [2.45, 2.75) is 13.8 Å². The van der Waals surface area contributed by atoms with Crippen LogP contribution in [0, 0.1) is 13.8 Å². The van der Waals surface area contributed by atoms with Crippen molar-refractivity contribution in [1.29, 1.82) is 0 Å². The van der Waals surface area contributed by atoms with Crippen LogP contribution in [0.2, 0.25) is 5.02 Å². The van der Waals surface area contributed by atoms with Crippen LogP contribution in [0.1, 0.15) is 11.1 Å². The van der Waals surface area contributed by atoms with Gasteiger partial charge >= 0.3 is 11.9 Å². The van der Waals surface area contributed by atoms with Crippen LogP contribution in [-0.4, -0.2) is 39.5 Å². The highest BCUT2D eigenvalue weighted by Crippen LogP contribution is 2.36. The van der Waals surface area contributed by atoms with Crippen molar-refractivity contribution in [2.24, 2.45) is 0 Å². The summed E-state index contributed by atoms with van der Waals surface area (Å²) >= 11 is 6.46. The van der Waals surface area contributed by atoms with Crippen LogP contribution in [0.5, 0.6) is 11.5 Å². The molecule has 8 heteroatoms. The molecule has 1 aliphatic rings. The topological polar surface area (TPSA) is 74.3 Å². The molecule has 0 fully saturated rings. The highest BCUT2D eigenvalue weighted by molar-refractivity contribution is 6.32. The minimum atomic E-state index is -0.675. The Bertz CT molecular complexity index is 1020. The number of hydrogen-bond donors (Lipinski definition) is 0. The van der Waals surface area contributed by atoms with Crippen LogP contribution in [0.25, 0.3) is 0 Å².